The van der Waals surface area contributed by atoms with Crippen LogP contribution in [0.3, 0.4) is 0 Å². The molecule has 2 unspecified atom stereocenters. The maximum absolute atomic E-state index is 12.4. The van der Waals surface area contributed by atoms with Gasteiger partial charge >= 0.3 is 0 Å². The molecule has 2 atom stereocenters. The monoisotopic (exact) mass is 349 g/mol. The molecule has 5 nitrogen and oxygen atoms in total. The summed E-state index contributed by atoms with van der Waals surface area (Å²) in [7, 11) is -3.74. The number of halogens is 2. The predicted octanol–water partition coefficient (Wildman–Crippen LogP) is 1.91. The molecule has 1 heterocycles. The van der Waals surface area contributed by atoms with Gasteiger partial charge in [-0.2, -0.15) is 5.26 Å². The van der Waals surface area contributed by atoms with Gasteiger partial charge in [-0.25, -0.2) is 13.1 Å². The standard InChI is InChI=1S/C13H16ClN3O2S.ClH/c1-9-8-16-6-5-12(9)17-20(18,19)13-4-2-3-11(14)10(13)7-15;/h2-4,9,12,16-17H,5-6,8H2,1H3;1H. The van der Waals surface area contributed by atoms with E-state index in [1.165, 1.54) is 18.2 Å². The predicted molar refractivity (Wildman–Crippen MR) is 84.2 cm³/mol. The Kier molecular flexibility index (Phi) is 6.44. The van der Waals surface area contributed by atoms with Gasteiger partial charge in [0.1, 0.15) is 11.0 Å². The highest BCUT2D eigenvalue weighted by Crippen LogP contribution is 2.24. The number of nitrogens with zero attached hydrogens (tertiary/aromatic N) is 1. The molecule has 0 amide bonds. The quantitative estimate of drug-likeness (QED) is 0.873. The lowest BCUT2D eigenvalue weighted by Crippen LogP contribution is -2.48. The van der Waals surface area contributed by atoms with Crippen LogP contribution in [0.1, 0.15) is 18.9 Å². The first-order valence-electron chi connectivity index (χ1n) is 6.37. The van der Waals surface area contributed by atoms with Crippen LogP contribution in [-0.2, 0) is 10.0 Å². The Hall–Kier alpha value is -0.840. The lowest BCUT2D eigenvalue weighted by Gasteiger charge is -2.30. The van der Waals surface area contributed by atoms with Crippen LogP contribution < -0.4 is 10.0 Å². The van der Waals surface area contributed by atoms with Gasteiger partial charge in [-0.05, 0) is 37.6 Å². The summed E-state index contributed by atoms with van der Waals surface area (Å²) in [6.45, 7) is 3.54. The zero-order valence-electron chi connectivity index (χ0n) is 11.5. The molecule has 0 spiro atoms. The topological polar surface area (TPSA) is 82.0 Å². The number of piperidine rings is 1. The van der Waals surface area contributed by atoms with Crippen LogP contribution in [0.25, 0.3) is 0 Å². The molecule has 2 N–H and O–H groups in total. The van der Waals surface area contributed by atoms with E-state index in [9.17, 15) is 8.42 Å². The van der Waals surface area contributed by atoms with Crippen molar-refractivity contribution in [2.24, 2.45) is 5.92 Å². The molecule has 0 aliphatic carbocycles. The molecule has 8 heteroatoms. The second-order valence-electron chi connectivity index (χ2n) is 4.92. The Morgan fingerprint density at radius 2 is 2.19 bits per heavy atom. The van der Waals surface area contributed by atoms with E-state index in [1.807, 2.05) is 13.0 Å². The average molecular weight is 350 g/mol. The van der Waals surface area contributed by atoms with Gasteiger partial charge in [0, 0.05) is 6.04 Å². The number of sulfonamides is 1. The summed E-state index contributed by atoms with van der Waals surface area (Å²) in [6, 6.07) is 6.16. The van der Waals surface area contributed by atoms with Crippen molar-refractivity contribution in [3.8, 4) is 6.07 Å². The van der Waals surface area contributed by atoms with Gasteiger partial charge in [-0.3, -0.25) is 0 Å². The maximum atomic E-state index is 12.4. The Bertz CT molecular complexity index is 643. The molecule has 0 aromatic heterocycles. The summed E-state index contributed by atoms with van der Waals surface area (Å²) in [5.41, 5.74) is -0.0109. The highest BCUT2D eigenvalue weighted by Gasteiger charge is 2.28. The van der Waals surface area contributed by atoms with E-state index >= 15 is 0 Å². The molecule has 1 aromatic carbocycles. The molecular weight excluding hydrogens is 333 g/mol. The number of rotatable bonds is 3. The molecular formula is C13H17Cl2N3O2S. The van der Waals surface area contributed by atoms with E-state index in [0.717, 1.165) is 19.5 Å². The van der Waals surface area contributed by atoms with Gasteiger partial charge in [0.2, 0.25) is 10.0 Å². The first-order valence-corrected chi connectivity index (χ1v) is 8.23. The molecule has 116 valence electrons. The smallest absolute Gasteiger partial charge is 0.242 e. The lowest BCUT2D eigenvalue weighted by molar-refractivity contribution is 0.328. The van der Waals surface area contributed by atoms with Gasteiger partial charge in [-0.15, -0.1) is 12.4 Å². The Morgan fingerprint density at radius 3 is 2.81 bits per heavy atom. The minimum atomic E-state index is -3.74. The van der Waals surface area contributed by atoms with Crippen molar-refractivity contribution in [3.05, 3.63) is 28.8 Å². The molecule has 2 rings (SSSR count). The van der Waals surface area contributed by atoms with Gasteiger partial charge in [0.15, 0.2) is 0 Å². The summed E-state index contributed by atoms with van der Waals surface area (Å²) in [5, 5.41) is 12.4. The summed E-state index contributed by atoms with van der Waals surface area (Å²) in [6.07, 6.45) is 0.725. The number of nitrogens with one attached hydrogen (secondary N) is 2. The first-order chi connectivity index (χ1) is 9.45. The van der Waals surface area contributed by atoms with E-state index in [0.29, 0.717) is 0 Å². The van der Waals surface area contributed by atoms with Crippen molar-refractivity contribution in [2.45, 2.75) is 24.3 Å². The minimum Gasteiger partial charge on any atom is -0.316 e. The van der Waals surface area contributed by atoms with E-state index < -0.39 is 10.0 Å². The summed E-state index contributed by atoms with van der Waals surface area (Å²) in [4.78, 5) is -0.0572. The Labute approximate surface area is 136 Å². The largest absolute Gasteiger partial charge is 0.316 e. The Balaban J connectivity index is 0.00000220. The lowest BCUT2D eigenvalue weighted by atomic mass is 9.97. The highest BCUT2D eigenvalue weighted by atomic mass is 35.5. The van der Waals surface area contributed by atoms with Crippen molar-refractivity contribution in [1.82, 2.24) is 10.0 Å². The summed E-state index contributed by atoms with van der Waals surface area (Å²) < 4.78 is 27.6. The Morgan fingerprint density at radius 1 is 1.48 bits per heavy atom. The third-order valence-electron chi connectivity index (χ3n) is 3.47. The van der Waals surface area contributed by atoms with E-state index in [4.69, 9.17) is 16.9 Å². The second-order valence-corrected chi connectivity index (χ2v) is 7.01. The number of benzene rings is 1. The van der Waals surface area contributed by atoms with Gasteiger partial charge in [0.25, 0.3) is 0 Å². The molecule has 1 fully saturated rings. The molecule has 21 heavy (non-hydrogen) atoms. The van der Waals surface area contributed by atoms with Gasteiger partial charge in [-0.1, -0.05) is 24.6 Å². The molecule has 0 bridgehead atoms. The van der Waals surface area contributed by atoms with Crippen molar-refractivity contribution in [2.75, 3.05) is 13.1 Å². The van der Waals surface area contributed by atoms with Gasteiger partial charge in [0.05, 0.1) is 10.6 Å². The highest BCUT2D eigenvalue weighted by molar-refractivity contribution is 7.89. The number of nitriles is 1. The fourth-order valence-corrected chi connectivity index (χ4v) is 4.12. The van der Waals surface area contributed by atoms with E-state index in [1.54, 1.807) is 0 Å². The van der Waals surface area contributed by atoms with Crippen LogP contribution in [0.4, 0.5) is 0 Å². The van der Waals surface area contributed by atoms with Crippen LogP contribution in [0.15, 0.2) is 23.1 Å². The molecule has 1 saturated heterocycles. The fourth-order valence-electron chi connectivity index (χ4n) is 2.29. The molecule has 1 aliphatic heterocycles. The van der Waals surface area contributed by atoms with Crippen LogP contribution in [0.2, 0.25) is 5.02 Å². The molecule has 0 saturated carbocycles. The third kappa shape index (κ3) is 4.09. The van der Waals surface area contributed by atoms with Crippen LogP contribution >= 0.6 is 24.0 Å². The van der Waals surface area contributed by atoms with Crippen LogP contribution in [0, 0.1) is 17.2 Å². The van der Waals surface area contributed by atoms with Crippen molar-refractivity contribution in [1.29, 1.82) is 5.26 Å². The zero-order chi connectivity index (χ0) is 14.8. The number of hydrogen-bond donors (Lipinski definition) is 2. The summed E-state index contributed by atoms with van der Waals surface area (Å²) in [5.74, 6) is 0.197. The van der Waals surface area contributed by atoms with E-state index in [-0.39, 0.29) is 39.8 Å². The van der Waals surface area contributed by atoms with Crippen molar-refractivity contribution < 1.29 is 8.42 Å². The third-order valence-corrected chi connectivity index (χ3v) is 5.32. The van der Waals surface area contributed by atoms with Crippen LogP contribution in [-0.4, -0.2) is 27.5 Å². The minimum absolute atomic E-state index is 0. The van der Waals surface area contributed by atoms with Crippen molar-refractivity contribution in [3.63, 3.8) is 0 Å². The van der Waals surface area contributed by atoms with E-state index in [2.05, 4.69) is 10.0 Å². The zero-order valence-corrected chi connectivity index (χ0v) is 13.9. The summed E-state index contributed by atoms with van der Waals surface area (Å²) >= 11 is 5.88. The molecule has 1 aromatic rings. The SMILES string of the molecule is CC1CNCCC1NS(=O)(=O)c1cccc(Cl)c1C#N.Cl. The average Bonchev–Trinajstić information content (AvgIpc) is 2.41. The molecule has 1 aliphatic rings. The number of hydrogen-bond acceptors (Lipinski definition) is 4. The fraction of sp³-hybridized carbons (Fsp3) is 0.462. The molecule has 0 radical (unpaired) electrons. The van der Waals surface area contributed by atoms with Crippen LogP contribution in [0.5, 0.6) is 0 Å². The normalized spacial score (nSPS) is 22.1. The first kappa shape index (κ1) is 18.2. The maximum Gasteiger partial charge on any atom is 0.242 e. The second kappa shape index (κ2) is 7.43. The van der Waals surface area contributed by atoms with Gasteiger partial charge < -0.3 is 5.32 Å². The van der Waals surface area contributed by atoms with Crippen molar-refractivity contribution >= 4 is 34.0 Å².